The molecule has 0 bridgehead atoms. The number of hydrogen-bond donors (Lipinski definition) is 1. The van der Waals surface area contributed by atoms with Gasteiger partial charge in [-0.3, -0.25) is 10.1 Å². The number of anilines is 1. The SMILES string of the molecule is Cc1ccc2nc(-c3cc([N+](=O)[O-])ccc3N)oc2c1. The molecule has 100 valence electrons. The minimum absolute atomic E-state index is 0.0485. The normalized spacial score (nSPS) is 10.8. The van der Waals surface area contributed by atoms with Gasteiger partial charge in [-0.15, -0.1) is 0 Å². The molecule has 0 aliphatic carbocycles. The van der Waals surface area contributed by atoms with Crippen molar-refractivity contribution in [2.75, 3.05) is 5.73 Å². The van der Waals surface area contributed by atoms with Crippen molar-refractivity contribution in [1.29, 1.82) is 0 Å². The Labute approximate surface area is 114 Å². The lowest BCUT2D eigenvalue weighted by atomic mass is 10.1. The van der Waals surface area contributed by atoms with Gasteiger partial charge in [-0.2, -0.15) is 0 Å². The first-order valence-electron chi connectivity index (χ1n) is 5.96. The Bertz CT molecular complexity index is 824. The number of nitrogen functional groups attached to an aromatic ring is 1. The van der Waals surface area contributed by atoms with Crippen LogP contribution in [0.25, 0.3) is 22.6 Å². The second-order valence-electron chi connectivity index (χ2n) is 4.52. The summed E-state index contributed by atoms with van der Waals surface area (Å²) in [7, 11) is 0. The zero-order valence-electron chi connectivity index (χ0n) is 10.7. The van der Waals surface area contributed by atoms with Gasteiger partial charge in [0.15, 0.2) is 5.58 Å². The fraction of sp³-hybridized carbons (Fsp3) is 0.0714. The largest absolute Gasteiger partial charge is 0.436 e. The molecule has 2 aromatic carbocycles. The molecule has 3 rings (SSSR count). The van der Waals surface area contributed by atoms with Crippen molar-refractivity contribution in [2.45, 2.75) is 6.92 Å². The highest BCUT2D eigenvalue weighted by atomic mass is 16.6. The third kappa shape index (κ3) is 1.97. The molecule has 6 heteroatoms. The molecule has 0 saturated heterocycles. The van der Waals surface area contributed by atoms with E-state index in [1.807, 2.05) is 25.1 Å². The van der Waals surface area contributed by atoms with E-state index in [1.165, 1.54) is 18.2 Å². The number of nitro benzene ring substituents is 1. The number of rotatable bonds is 2. The predicted octanol–water partition coefficient (Wildman–Crippen LogP) is 3.29. The molecule has 0 saturated carbocycles. The van der Waals surface area contributed by atoms with Crippen LogP contribution in [0.3, 0.4) is 0 Å². The number of oxazole rings is 1. The second-order valence-corrected chi connectivity index (χ2v) is 4.52. The van der Waals surface area contributed by atoms with E-state index in [9.17, 15) is 10.1 Å². The van der Waals surface area contributed by atoms with Gasteiger partial charge in [-0.05, 0) is 30.7 Å². The molecule has 0 fully saturated rings. The van der Waals surface area contributed by atoms with E-state index in [-0.39, 0.29) is 11.6 Å². The number of fused-ring (bicyclic) bond motifs is 1. The smallest absolute Gasteiger partial charge is 0.270 e. The number of aromatic nitrogens is 1. The summed E-state index contributed by atoms with van der Waals surface area (Å²) in [6, 6.07) is 9.82. The van der Waals surface area contributed by atoms with Crippen molar-refractivity contribution in [1.82, 2.24) is 4.98 Å². The lowest BCUT2D eigenvalue weighted by Gasteiger charge is -2.00. The lowest BCUT2D eigenvalue weighted by molar-refractivity contribution is -0.384. The van der Waals surface area contributed by atoms with Gasteiger partial charge < -0.3 is 10.2 Å². The van der Waals surface area contributed by atoms with Gasteiger partial charge in [0.05, 0.1) is 10.5 Å². The highest BCUT2D eigenvalue weighted by molar-refractivity contribution is 5.80. The van der Waals surface area contributed by atoms with Crippen LogP contribution in [-0.2, 0) is 0 Å². The monoisotopic (exact) mass is 269 g/mol. The molecule has 0 spiro atoms. The van der Waals surface area contributed by atoms with E-state index in [0.29, 0.717) is 22.4 Å². The van der Waals surface area contributed by atoms with Crippen LogP contribution in [0.1, 0.15) is 5.56 Å². The number of non-ortho nitro benzene ring substituents is 1. The van der Waals surface area contributed by atoms with Gasteiger partial charge in [-0.25, -0.2) is 4.98 Å². The third-order valence-corrected chi connectivity index (χ3v) is 3.02. The van der Waals surface area contributed by atoms with Crippen LogP contribution in [0.15, 0.2) is 40.8 Å². The van der Waals surface area contributed by atoms with E-state index in [1.54, 1.807) is 0 Å². The molecule has 3 aromatic rings. The first-order valence-corrected chi connectivity index (χ1v) is 5.96. The molecule has 0 atom stereocenters. The molecule has 2 N–H and O–H groups in total. The van der Waals surface area contributed by atoms with E-state index in [4.69, 9.17) is 10.2 Å². The minimum Gasteiger partial charge on any atom is -0.436 e. The van der Waals surface area contributed by atoms with Crippen molar-refractivity contribution in [2.24, 2.45) is 0 Å². The van der Waals surface area contributed by atoms with Gasteiger partial charge >= 0.3 is 0 Å². The fourth-order valence-corrected chi connectivity index (χ4v) is 1.99. The summed E-state index contributed by atoms with van der Waals surface area (Å²) in [5.41, 5.74) is 8.98. The number of hydrogen-bond acceptors (Lipinski definition) is 5. The zero-order chi connectivity index (χ0) is 14.3. The molecular formula is C14H11N3O3. The van der Waals surface area contributed by atoms with Gasteiger partial charge in [0.1, 0.15) is 5.52 Å². The van der Waals surface area contributed by atoms with E-state index in [2.05, 4.69) is 4.98 Å². The average Bonchev–Trinajstić information content (AvgIpc) is 2.81. The Balaban J connectivity index is 2.19. The molecule has 20 heavy (non-hydrogen) atoms. The highest BCUT2D eigenvalue weighted by Gasteiger charge is 2.15. The molecule has 1 heterocycles. The van der Waals surface area contributed by atoms with Crippen molar-refractivity contribution in [3.63, 3.8) is 0 Å². The summed E-state index contributed by atoms with van der Waals surface area (Å²) < 4.78 is 5.64. The number of nitrogens with zero attached hydrogens (tertiary/aromatic N) is 2. The van der Waals surface area contributed by atoms with Crippen LogP contribution in [0, 0.1) is 17.0 Å². The summed E-state index contributed by atoms with van der Waals surface area (Å²) in [5.74, 6) is 0.284. The van der Waals surface area contributed by atoms with Crippen molar-refractivity contribution in [3.05, 3.63) is 52.1 Å². The summed E-state index contributed by atoms with van der Waals surface area (Å²) in [6.07, 6.45) is 0. The fourth-order valence-electron chi connectivity index (χ4n) is 1.99. The lowest BCUT2D eigenvalue weighted by Crippen LogP contribution is -1.93. The van der Waals surface area contributed by atoms with Crippen LogP contribution in [0.5, 0.6) is 0 Å². The van der Waals surface area contributed by atoms with Crippen LogP contribution >= 0.6 is 0 Å². The van der Waals surface area contributed by atoms with Crippen LogP contribution in [-0.4, -0.2) is 9.91 Å². The summed E-state index contributed by atoms with van der Waals surface area (Å²) >= 11 is 0. The van der Waals surface area contributed by atoms with Crippen LogP contribution < -0.4 is 5.73 Å². The molecule has 0 amide bonds. The third-order valence-electron chi connectivity index (χ3n) is 3.02. The first-order chi connectivity index (χ1) is 9.54. The second kappa shape index (κ2) is 4.34. The van der Waals surface area contributed by atoms with E-state index < -0.39 is 4.92 Å². The summed E-state index contributed by atoms with van der Waals surface area (Å²) in [4.78, 5) is 14.7. The summed E-state index contributed by atoms with van der Waals surface area (Å²) in [5, 5.41) is 10.8. The number of nitrogens with two attached hydrogens (primary N) is 1. The molecular weight excluding hydrogens is 258 g/mol. The van der Waals surface area contributed by atoms with Crippen molar-refractivity contribution in [3.8, 4) is 11.5 Å². The average molecular weight is 269 g/mol. The Morgan fingerprint density at radius 3 is 2.80 bits per heavy atom. The number of nitro groups is 1. The summed E-state index contributed by atoms with van der Waals surface area (Å²) in [6.45, 7) is 1.95. The zero-order valence-corrected chi connectivity index (χ0v) is 10.7. The highest BCUT2D eigenvalue weighted by Crippen LogP contribution is 2.31. The Kier molecular flexibility index (Phi) is 2.64. The molecule has 0 unspecified atom stereocenters. The van der Waals surface area contributed by atoms with E-state index in [0.717, 1.165) is 5.56 Å². The number of benzene rings is 2. The van der Waals surface area contributed by atoms with Gasteiger partial charge in [0, 0.05) is 17.8 Å². The van der Waals surface area contributed by atoms with Crippen LogP contribution in [0.2, 0.25) is 0 Å². The molecule has 0 aliphatic heterocycles. The molecule has 0 aliphatic rings. The van der Waals surface area contributed by atoms with Crippen molar-refractivity contribution < 1.29 is 9.34 Å². The predicted molar refractivity (Wildman–Crippen MR) is 75.2 cm³/mol. The van der Waals surface area contributed by atoms with Gasteiger partial charge in [0.2, 0.25) is 5.89 Å². The van der Waals surface area contributed by atoms with Crippen molar-refractivity contribution >= 4 is 22.5 Å². The van der Waals surface area contributed by atoms with Crippen LogP contribution in [0.4, 0.5) is 11.4 Å². The maximum atomic E-state index is 10.8. The minimum atomic E-state index is -0.476. The topological polar surface area (TPSA) is 95.2 Å². The first kappa shape index (κ1) is 12.2. The molecule has 1 aromatic heterocycles. The number of aryl methyl sites for hydroxylation is 1. The molecule has 0 radical (unpaired) electrons. The Morgan fingerprint density at radius 1 is 1.25 bits per heavy atom. The Morgan fingerprint density at radius 2 is 2.05 bits per heavy atom. The molecule has 6 nitrogen and oxygen atoms in total. The maximum Gasteiger partial charge on any atom is 0.270 e. The van der Waals surface area contributed by atoms with Gasteiger partial charge in [-0.1, -0.05) is 6.07 Å². The quantitative estimate of drug-likeness (QED) is 0.437. The van der Waals surface area contributed by atoms with E-state index >= 15 is 0 Å². The Hall–Kier alpha value is -2.89. The maximum absolute atomic E-state index is 10.8. The van der Waals surface area contributed by atoms with Gasteiger partial charge in [0.25, 0.3) is 5.69 Å². The standard InChI is InChI=1S/C14H11N3O3/c1-8-2-5-12-13(6-8)20-14(16-12)10-7-9(17(18)19)3-4-11(10)15/h2-7H,15H2,1H3.